The number of rotatable bonds is 7. The zero-order valence-electron chi connectivity index (χ0n) is 20.2. The van der Waals surface area contributed by atoms with Crippen LogP contribution in [0.5, 0.6) is 0 Å². The molecular weight excluding hydrogens is 454 g/mol. The van der Waals surface area contributed by atoms with E-state index in [1.807, 2.05) is 57.2 Å². The first kappa shape index (κ1) is 24.4. The Morgan fingerprint density at radius 2 is 1.37 bits per heavy atom. The summed E-state index contributed by atoms with van der Waals surface area (Å²) in [6, 6.07) is 29.3. The highest BCUT2D eigenvalue weighted by atomic mass is 32.2. The van der Waals surface area contributed by atoms with Gasteiger partial charge in [-0.15, -0.1) is 0 Å². The van der Waals surface area contributed by atoms with Gasteiger partial charge in [-0.2, -0.15) is 4.31 Å². The van der Waals surface area contributed by atoms with Crippen molar-refractivity contribution in [1.82, 2.24) is 0 Å². The van der Waals surface area contributed by atoms with E-state index in [1.54, 1.807) is 48.5 Å². The number of carbonyl (C=O) groups is 1. The molecule has 0 spiro atoms. The smallest absolute Gasteiger partial charge is 0.268 e. The molecule has 0 saturated heterocycles. The summed E-state index contributed by atoms with van der Waals surface area (Å²) in [5.74, 6) is -0.553. The monoisotopic (exact) mass is 483 g/mol. The van der Waals surface area contributed by atoms with E-state index >= 15 is 0 Å². The van der Waals surface area contributed by atoms with Gasteiger partial charge in [-0.1, -0.05) is 78.4 Å². The number of sulfonamides is 1. The lowest BCUT2D eigenvalue weighted by atomic mass is 9.99. The van der Waals surface area contributed by atoms with Gasteiger partial charge >= 0.3 is 0 Å². The second-order valence-electron chi connectivity index (χ2n) is 8.75. The van der Waals surface area contributed by atoms with Crippen molar-refractivity contribution in [3.8, 4) is 0 Å². The van der Waals surface area contributed by atoms with Crippen LogP contribution < -0.4 is 4.31 Å². The third-order valence-electron chi connectivity index (χ3n) is 6.31. The van der Waals surface area contributed by atoms with Crippen molar-refractivity contribution >= 4 is 21.6 Å². The van der Waals surface area contributed by atoms with Crippen LogP contribution in [0.3, 0.4) is 0 Å². The molecule has 4 nitrogen and oxygen atoms in total. The molecule has 0 aliphatic heterocycles. The van der Waals surface area contributed by atoms with E-state index in [-0.39, 0.29) is 4.90 Å². The first-order valence-electron chi connectivity index (χ1n) is 11.6. The van der Waals surface area contributed by atoms with Gasteiger partial charge in [0.15, 0.2) is 0 Å². The summed E-state index contributed by atoms with van der Waals surface area (Å²) < 4.78 is 28.8. The van der Waals surface area contributed by atoms with Gasteiger partial charge in [0.25, 0.3) is 15.9 Å². The number of amides is 1. The predicted molar refractivity (Wildman–Crippen MR) is 141 cm³/mol. The fourth-order valence-electron chi connectivity index (χ4n) is 4.10. The summed E-state index contributed by atoms with van der Waals surface area (Å²) in [6.07, 6.45) is 1.37. The number of hydrogen-bond donors (Lipinski definition) is 0. The number of anilines is 1. The summed E-state index contributed by atoms with van der Waals surface area (Å²) in [5.41, 5.74) is 5.34. The third kappa shape index (κ3) is 5.20. The van der Waals surface area contributed by atoms with Crippen molar-refractivity contribution in [3.05, 3.63) is 130 Å². The minimum atomic E-state index is -4.16. The molecule has 0 radical (unpaired) electrons. The molecule has 0 aliphatic rings. The molecule has 0 aliphatic carbocycles. The SMILES string of the molecule is Cc1ccc(S(=O)(=O)N(C(=O)c2ccccc2CCc2ccccc2)c2cccc(C)c2C)cc1. The first-order valence-corrected chi connectivity index (χ1v) is 13.1. The third-order valence-corrected chi connectivity index (χ3v) is 8.02. The summed E-state index contributed by atoms with van der Waals surface area (Å²) >= 11 is 0. The fraction of sp³-hybridized carbons (Fsp3) is 0.167. The number of hydrogen-bond acceptors (Lipinski definition) is 3. The van der Waals surface area contributed by atoms with Crippen molar-refractivity contribution < 1.29 is 13.2 Å². The molecular formula is C30H29NO3S. The molecule has 0 heterocycles. The molecule has 35 heavy (non-hydrogen) atoms. The number of nitrogens with zero attached hydrogens (tertiary/aromatic N) is 1. The average Bonchev–Trinajstić information content (AvgIpc) is 2.86. The van der Waals surface area contributed by atoms with Gasteiger partial charge in [0.05, 0.1) is 10.6 Å². The lowest BCUT2D eigenvalue weighted by Crippen LogP contribution is -2.38. The Kier molecular flexibility index (Phi) is 7.17. The standard InChI is InChI=1S/C30H29NO3S/c1-22-16-20-27(21-17-22)35(33,34)31(29-15-9-10-23(2)24(29)3)30(32)28-14-8-7-13-26(28)19-18-25-11-5-4-6-12-25/h4-17,20-21H,18-19H2,1-3H3. The predicted octanol–water partition coefficient (Wildman–Crippen LogP) is 6.43. The molecule has 5 heteroatoms. The van der Waals surface area contributed by atoms with Crippen LogP contribution in [0.2, 0.25) is 0 Å². The highest BCUT2D eigenvalue weighted by molar-refractivity contribution is 7.93. The Hall–Kier alpha value is -3.70. The number of aryl methyl sites for hydroxylation is 4. The summed E-state index contributed by atoms with van der Waals surface area (Å²) in [4.78, 5) is 14.2. The topological polar surface area (TPSA) is 54.5 Å². The van der Waals surface area contributed by atoms with Crippen molar-refractivity contribution in [3.63, 3.8) is 0 Å². The molecule has 4 rings (SSSR count). The first-order chi connectivity index (χ1) is 16.8. The highest BCUT2D eigenvalue weighted by Crippen LogP contribution is 2.31. The molecule has 4 aromatic rings. The van der Waals surface area contributed by atoms with Gasteiger partial charge < -0.3 is 0 Å². The Bertz CT molecular complexity index is 1440. The van der Waals surface area contributed by atoms with Gasteiger partial charge in [-0.25, -0.2) is 8.42 Å². The van der Waals surface area contributed by atoms with Crippen LogP contribution >= 0.6 is 0 Å². The van der Waals surface area contributed by atoms with E-state index in [2.05, 4.69) is 12.1 Å². The molecule has 1 amide bonds. The van der Waals surface area contributed by atoms with Crippen LogP contribution in [0.25, 0.3) is 0 Å². The Morgan fingerprint density at radius 1 is 0.714 bits per heavy atom. The van der Waals surface area contributed by atoms with Crippen LogP contribution in [0.4, 0.5) is 5.69 Å². The minimum Gasteiger partial charge on any atom is -0.268 e. The van der Waals surface area contributed by atoms with E-state index in [4.69, 9.17) is 0 Å². The Labute approximate surface area is 207 Å². The maximum atomic E-state index is 14.1. The summed E-state index contributed by atoms with van der Waals surface area (Å²) in [7, 11) is -4.16. The zero-order chi connectivity index (χ0) is 25.0. The highest BCUT2D eigenvalue weighted by Gasteiger charge is 2.34. The normalized spacial score (nSPS) is 11.3. The molecule has 0 aromatic heterocycles. The average molecular weight is 484 g/mol. The molecule has 0 atom stereocenters. The Morgan fingerprint density at radius 3 is 2.09 bits per heavy atom. The van der Waals surface area contributed by atoms with Crippen LogP contribution in [-0.2, 0) is 22.9 Å². The number of benzene rings is 4. The molecule has 0 unspecified atom stereocenters. The van der Waals surface area contributed by atoms with Gasteiger partial charge in [0.2, 0.25) is 0 Å². The summed E-state index contributed by atoms with van der Waals surface area (Å²) in [6.45, 7) is 5.65. The van der Waals surface area contributed by atoms with Gasteiger partial charge in [-0.3, -0.25) is 4.79 Å². The van der Waals surface area contributed by atoms with E-state index < -0.39 is 15.9 Å². The second kappa shape index (κ2) is 10.3. The maximum Gasteiger partial charge on any atom is 0.272 e. The van der Waals surface area contributed by atoms with E-state index in [0.29, 0.717) is 17.7 Å². The van der Waals surface area contributed by atoms with Crippen molar-refractivity contribution in [1.29, 1.82) is 0 Å². The quantitative estimate of drug-likeness (QED) is 0.304. The van der Waals surface area contributed by atoms with Crippen molar-refractivity contribution in [2.24, 2.45) is 0 Å². The Balaban J connectivity index is 1.81. The molecule has 4 aromatic carbocycles. The van der Waals surface area contributed by atoms with Crippen LogP contribution in [-0.4, -0.2) is 14.3 Å². The largest absolute Gasteiger partial charge is 0.272 e. The zero-order valence-corrected chi connectivity index (χ0v) is 21.0. The van der Waals surface area contributed by atoms with E-state index in [1.165, 1.54) is 0 Å². The molecule has 0 bridgehead atoms. The van der Waals surface area contributed by atoms with Crippen LogP contribution in [0.1, 0.15) is 38.2 Å². The number of carbonyl (C=O) groups excluding carboxylic acids is 1. The molecule has 0 saturated carbocycles. The maximum absolute atomic E-state index is 14.1. The van der Waals surface area contributed by atoms with Gasteiger partial charge in [0.1, 0.15) is 0 Å². The lowest BCUT2D eigenvalue weighted by Gasteiger charge is -2.26. The van der Waals surface area contributed by atoms with Crippen LogP contribution in [0, 0.1) is 20.8 Å². The van der Waals surface area contributed by atoms with Gasteiger partial charge in [0, 0.05) is 5.56 Å². The fourth-order valence-corrected chi connectivity index (χ4v) is 5.56. The minimum absolute atomic E-state index is 0.0825. The lowest BCUT2D eigenvalue weighted by molar-refractivity contribution is 0.100. The summed E-state index contributed by atoms with van der Waals surface area (Å²) in [5, 5.41) is 0. The van der Waals surface area contributed by atoms with E-state index in [9.17, 15) is 13.2 Å². The van der Waals surface area contributed by atoms with Crippen molar-refractivity contribution in [2.45, 2.75) is 38.5 Å². The molecule has 178 valence electrons. The van der Waals surface area contributed by atoms with Crippen LogP contribution in [0.15, 0.2) is 102 Å². The van der Waals surface area contributed by atoms with E-state index in [0.717, 1.165) is 38.5 Å². The molecule has 0 fully saturated rings. The van der Waals surface area contributed by atoms with Gasteiger partial charge in [-0.05, 0) is 80.1 Å². The molecule has 0 N–H and O–H groups in total. The second-order valence-corrected chi connectivity index (χ2v) is 10.5. The van der Waals surface area contributed by atoms with Crippen molar-refractivity contribution in [2.75, 3.05) is 4.31 Å².